The van der Waals surface area contributed by atoms with Crippen molar-refractivity contribution >= 4 is 0 Å². The Kier molecular flexibility index (Phi) is 10.9. The fourth-order valence-corrected chi connectivity index (χ4v) is 1.98. The first-order valence-corrected chi connectivity index (χ1v) is 7.84. The lowest BCUT2D eigenvalue weighted by Gasteiger charge is -2.22. The molecule has 0 aliphatic carbocycles. The largest absolute Gasteiger partial charge is 0.380 e. The Morgan fingerprint density at radius 3 is 2.38 bits per heavy atom. The summed E-state index contributed by atoms with van der Waals surface area (Å²) < 4.78 is 10.9. The van der Waals surface area contributed by atoms with Crippen LogP contribution in [-0.4, -0.2) is 62.5 Å². The molecule has 0 atom stereocenters. The molecule has 1 N–H and O–H groups in total. The maximum absolute atomic E-state index is 5.43. The number of aromatic nitrogens is 1. The topological polar surface area (TPSA) is 46.6 Å². The van der Waals surface area contributed by atoms with Gasteiger partial charge in [-0.2, -0.15) is 0 Å². The summed E-state index contributed by atoms with van der Waals surface area (Å²) in [4.78, 5) is 6.49. The molecular formula is C16H29N3O2. The van der Waals surface area contributed by atoms with Crippen molar-refractivity contribution in [3.05, 3.63) is 30.1 Å². The van der Waals surface area contributed by atoms with E-state index in [-0.39, 0.29) is 0 Å². The van der Waals surface area contributed by atoms with Crippen molar-refractivity contribution in [1.29, 1.82) is 0 Å². The molecule has 1 rings (SSSR count). The average molecular weight is 295 g/mol. The van der Waals surface area contributed by atoms with Crippen LogP contribution in [0.3, 0.4) is 0 Å². The van der Waals surface area contributed by atoms with Crippen LogP contribution in [0.4, 0.5) is 0 Å². The van der Waals surface area contributed by atoms with Crippen molar-refractivity contribution in [3.63, 3.8) is 0 Å². The Balaban J connectivity index is 2.17. The smallest absolute Gasteiger partial charge is 0.0593 e. The summed E-state index contributed by atoms with van der Waals surface area (Å²) in [6.45, 7) is 11.9. The molecule has 0 amide bonds. The van der Waals surface area contributed by atoms with Crippen molar-refractivity contribution in [2.75, 3.05) is 52.6 Å². The van der Waals surface area contributed by atoms with Gasteiger partial charge in [-0.3, -0.25) is 9.88 Å². The van der Waals surface area contributed by atoms with Crippen molar-refractivity contribution in [1.82, 2.24) is 15.2 Å². The van der Waals surface area contributed by atoms with Gasteiger partial charge in [0, 0.05) is 58.3 Å². The highest BCUT2D eigenvalue weighted by molar-refractivity contribution is 5.07. The second kappa shape index (κ2) is 12.7. The molecular weight excluding hydrogens is 266 g/mol. The number of hydrogen-bond donors (Lipinski definition) is 1. The molecule has 1 aromatic rings. The molecule has 0 saturated heterocycles. The minimum atomic E-state index is 0.776. The number of pyridine rings is 1. The zero-order valence-corrected chi connectivity index (χ0v) is 13.4. The highest BCUT2D eigenvalue weighted by Gasteiger charge is 2.04. The second-order valence-corrected chi connectivity index (χ2v) is 4.77. The standard InChI is InChI=1S/C16H29N3O2/c1-3-20-12-10-19(11-13-21-4-2)9-8-18-15-16-6-5-7-17-14-16/h5-7,14,18H,3-4,8-13,15H2,1-2H3. The first-order chi connectivity index (χ1) is 10.4. The molecule has 0 spiro atoms. The van der Waals surface area contributed by atoms with Gasteiger partial charge in [0.25, 0.3) is 0 Å². The molecule has 21 heavy (non-hydrogen) atoms. The van der Waals surface area contributed by atoms with Gasteiger partial charge in [0.2, 0.25) is 0 Å². The van der Waals surface area contributed by atoms with E-state index in [9.17, 15) is 0 Å². The molecule has 0 fully saturated rings. The Hall–Kier alpha value is -1.01. The Labute approximate surface area is 128 Å². The third-order valence-corrected chi connectivity index (χ3v) is 3.17. The molecule has 1 aromatic heterocycles. The minimum absolute atomic E-state index is 0.776. The summed E-state index contributed by atoms with van der Waals surface area (Å²) in [5.74, 6) is 0. The van der Waals surface area contributed by atoms with E-state index in [1.54, 1.807) is 6.20 Å². The Morgan fingerprint density at radius 1 is 1.10 bits per heavy atom. The van der Waals surface area contributed by atoms with E-state index in [1.165, 1.54) is 5.56 Å². The van der Waals surface area contributed by atoms with Crippen LogP contribution in [0.2, 0.25) is 0 Å². The summed E-state index contributed by atoms with van der Waals surface area (Å²) in [7, 11) is 0. The maximum atomic E-state index is 5.43. The van der Waals surface area contributed by atoms with Crippen LogP contribution in [-0.2, 0) is 16.0 Å². The van der Waals surface area contributed by atoms with Crippen LogP contribution in [0, 0.1) is 0 Å². The molecule has 0 aromatic carbocycles. The number of nitrogens with one attached hydrogen (secondary N) is 1. The highest BCUT2D eigenvalue weighted by atomic mass is 16.5. The van der Waals surface area contributed by atoms with Crippen LogP contribution < -0.4 is 5.32 Å². The first kappa shape index (κ1) is 18.0. The zero-order valence-electron chi connectivity index (χ0n) is 13.4. The van der Waals surface area contributed by atoms with Gasteiger partial charge in [0.15, 0.2) is 0 Å². The van der Waals surface area contributed by atoms with Crippen molar-refractivity contribution in [3.8, 4) is 0 Å². The molecule has 0 radical (unpaired) electrons. The Bertz CT molecular complexity index is 326. The second-order valence-electron chi connectivity index (χ2n) is 4.77. The number of hydrogen-bond acceptors (Lipinski definition) is 5. The highest BCUT2D eigenvalue weighted by Crippen LogP contribution is 1.94. The molecule has 1 heterocycles. The molecule has 0 aliphatic rings. The average Bonchev–Trinajstić information content (AvgIpc) is 2.52. The SMILES string of the molecule is CCOCCN(CCNCc1cccnc1)CCOCC. The fraction of sp³-hybridized carbons (Fsp3) is 0.688. The van der Waals surface area contributed by atoms with Crippen LogP contribution in [0.25, 0.3) is 0 Å². The van der Waals surface area contributed by atoms with E-state index >= 15 is 0 Å². The molecule has 0 aliphatic heterocycles. The first-order valence-electron chi connectivity index (χ1n) is 7.84. The number of rotatable bonds is 13. The quantitative estimate of drug-likeness (QED) is 0.559. The van der Waals surface area contributed by atoms with Gasteiger partial charge in [-0.15, -0.1) is 0 Å². The fourth-order valence-electron chi connectivity index (χ4n) is 1.98. The lowest BCUT2D eigenvalue weighted by molar-refractivity contribution is 0.0832. The van der Waals surface area contributed by atoms with Crippen LogP contribution in [0.15, 0.2) is 24.5 Å². The lowest BCUT2D eigenvalue weighted by Crippen LogP contribution is -2.36. The summed E-state index contributed by atoms with van der Waals surface area (Å²) >= 11 is 0. The van der Waals surface area contributed by atoms with E-state index < -0.39 is 0 Å². The molecule has 0 unspecified atom stereocenters. The van der Waals surface area contributed by atoms with Crippen LogP contribution in [0.5, 0.6) is 0 Å². The Morgan fingerprint density at radius 2 is 1.81 bits per heavy atom. The third kappa shape index (κ3) is 9.52. The van der Waals surface area contributed by atoms with Gasteiger partial charge < -0.3 is 14.8 Å². The van der Waals surface area contributed by atoms with Crippen LogP contribution in [0.1, 0.15) is 19.4 Å². The van der Waals surface area contributed by atoms with E-state index in [4.69, 9.17) is 9.47 Å². The van der Waals surface area contributed by atoms with Crippen molar-refractivity contribution in [2.24, 2.45) is 0 Å². The van der Waals surface area contributed by atoms with Gasteiger partial charge >= 0.3 is 0 Å². The van der Waals surface area contributed by atoms with E-state index in [0.29, 0.717) is 0 Å². The summed E-state index contributed by atoms with van der Waals surface area (Å²) in [5, 5.41) is 3.45. The van der Waals surface area contributed by atoms with Gasteiger partial charge in [-0.05, 0) is 25.5 Å². The van der Waals surface area contributed by atoms with Crippen LogP contribution >= 0.6 is 0 Å². The third-order valence-electron chi connectivity index (χ3n) is 3.17. The van der Waals surface area contributed by atoms with Crippen molar-refractivity contribution < 1.29 is 9.47 Å². The zero-order chi connectivity index (χ0) is 15.2. The van der Waals surface area contributed by atoms with Gasteiger partial charge in [-0.25, -0.2) is 0 Å². The lowest BCUT2D eigenvalue weighted by atomic mass is 10.3. The summed E-state index contributed by atoms with van der Waals surface area (Å²) in [6.07, 6.45) is 3.70. The molecule has 5 heteroatoms. The summed E-state index contributed by atoms with van der Waals surface area (Å²) in [5.41, 5.74) is 1.22. The molecule has 120 valence electrons. The number of ether oxygens (including phenoxy) is 2. The van der Waals surface area contributed by atoms with Gasteiger partial charge in [-0.1, -0.05) is 6.07 Å². The molecule has 0 bridgehead atoms. The molecule has 0 saturated carbocycles. The monoisotopic (exact) mass is 295 g/mol. The van der Waals surface area contributed by atoms with Gasteiger partial charge in [0.1, 0.15) is 0 Å². The van der Waals surface area contributed by atoms with E-state index in [0.717, 1.165) is 59.2 Å². The summed E-state index contributed by atoms with van der Waals surface area (Å²) in [6, 6.07) is 4.05. The predicted octanol–water partition coefficient (Wildman–Crippen LogP) is 1.55. The molecule has 5 nitrogen and oxygen atoms in total. The minimum Gasteiger partial charge on any atom is -0.380 e. The van der Waals surface area contributed by atoms with Crippen molar-refractivity contribution in [2.45, 2.75) is 20.4 Å². The maximum Gasteiger partial charge on any atom is 0.0593 e. The predicted molar refractivity (Wildman–Crippen MR) is 85.4 cm³/mol. The van der Waals surface area contributed by atoms with E-state index in [2.05, 4.69) is 21.3 Å². The number of nitrogens with zero attached hydrogens (tertiary/aromatic N) is 2. The van der Waals surface area contributed by atoms with Gasteiger partial charge in [0.05, 0.1) is 13.2 Å². The normalized spacial score (nSPS) is 11.2. The van der Waals surface area contributed by atoms with E-state index in [1.807, 2.05) is 26.1 Å².